The lowest BCUT2D eigenvalue weighted by atomic mass is 10.0. The lowest BCUT2D eigenvalue weighted by molar-refractivity contribution is -0.139. The van der Waals surface area contributed by atoms with Crippen molar-refractivity contribution in [1.82, 2.24) is 9.80 Å². The summed E-state index contributed by atoms with van der Waals surface area (Å²) in [5.41, 5.74) is 3.25. The molecule has 0 saturated carbocycles. The van der Waals surface area contributed by atoms with E-state index in [1.165, 1.54) is 9.80 Å². The van der Waals surface area contributed by atoms with Gasteiger partial charge in [0.1, 0.15) is 11.6 Å². The number of likely N-dealkylation sites (tertiary alicyclic amines) is 1. The van der Waals surface area contributed by atoms with Gasteiger partial charge < -0.3 is 15.0 Å². The summed E-state index contributed by atoms with van der Waals surface area (Å²) in [7, 11) is 1.60. The van der Waals surface area contributed by atoms with Gasteiger partial charge in [-0.1, -0.05) is 17.7 Å². The van der Waals surface area contributed by atoms with E-state index in [1.807, 2.05) is 32.9 Å². The van der Waals surface area contributed by atoms with Gasteiger partial charge in [0.25, 0.3) is 0 Å². The summed E-state index contributed by atoms with van der Waals surface area (Å²) in [6, 6.07) is 3.42. The van der Waals surface area contributed by atoms with Crippen LogP contribution in [0.4, 0.5) is 10.5 Å². The summed E-state index contributed by atoms with van der Waals surface area (Å²) in [5.74, 6) is -0.506. The lowest BCUT2D eigenvalue weighted by Gasteiger charge is -2.37. The Morgan fingerprint density at radius 1 is 1.13 bits per heavy atom. The van der Waals surface area contributed by atoms with Gasteiger partial charge in [-0.2, -0.15) is 0 Å². The number of carbonyl (C=O) groups is 3. The Morgan fingerprint density at radius 2 is 1.73 bits per heavy atom. The fraction of sp³-hybridized carbons (Fsp3) is 0.609. The number of ether oxygens (including phenoxy) is 1. The van der Waals surface area contributed by atoms with Gasteiger partial charge in [-0.25, -0.2) is 4.79 Å². The first-order valence-electron chi connectivity index (χ1n) is 10.5. The quantitative estimate of drug-likeness (QED) is 0.808. The highest BCUT2D eigenvalue weighted by molar-refractivity contribution is 5.96. The van der Waals surface area contributed by atoms with Crippen molar-refractivity contribution in [1.29, 1.82) is 0 Å². The molecule has 1 aliphatic rings. The van der Waals surface area contributed by atoms with Crippen LogP contribution in [0.1, 0.15) is 56.7 Å². The molecule has 0 spiro atoms. The maximum absolute atomic E-state index is 13.0. The minimum absolute atomic E-state index is 0.0791. The fourth-order valence-electron chi connectivity index (χ4n) is 3.83. The molecular formula is C23H35N3O4. The summed E-state index contributed by atoms with van der Waals surface area (Å²) in [6.07, 6.45) is 1.78. The molecule has 3 amide bonds. The number of carbonyl (C=O) groups excluding carboxylic acids is 3. The number of aryl methyl sites for hydroxylation is 3. The Bertz CT molecular complexity index is 790. The van der Waals surface area contributed by atoms with Crippen LogP contribution in [0.15, 0.2) is 12.1 Å². The van der Waals surface area contributed by atoms with Gasteiger partial charge in [0, 0.05) is 19.3 Å². The second kappa shape index (κ2) is 9.49. The molecule has 0 radical (unpaired) electrons. The number of hydrogen-bond donors (Lipinski definition) is 1. The first-order valence-corrected chi connectivity index (χ1v) is 10.5. The second-order valence-corrected chi connectivity index (χ2v) is 9.20. The van der Waals surface area contributed by atoms with Crippen LogP contribution < -0.4 is 5.32 Å². The number of hydrogen-bond acceptors (Lipinski definition) is 4. The molecule has 0 aromatic heterocycles. The van der Waals surface area contributed by atoms with E-state index in [4.69, 9.17) is 4.74 Å². The maximum Gasteiger partial charge on any atom is 0.410 e. The molecule has 1 N–H and O–H groups in total. The first-order chi connectivity index (χ1) is 13.9. The molecule has 7 heteroatoms. The molecule has 0 aliphatic carbocycles. The van der Waals surface area contributed by atoms with E-state index < -0.39 is 17.7 Å². The van der Waals surface area contributed by atoms with Gasteiger partial charge in [-0.3, -0.25) is 14.5 Å². The minimum Gasteiger partial charge on any atom is -0.444 e. The van der Waals surface area contributed by atoms with E-state index in [1.54, 1.807) is 27.8 Å². The van der Waals surface area contributed by atoms with Gasteiger partial charge in [0.05, 0.1) is 6.54 Å². The zero-order valence-electron chi connectivity index (χ0n) is 19.3. The summed E-state index contributed by atoms with van der Waals surface area (Å²) in [4.78, 5) is 41.1. The van der Waals surface area contributed by atoms with Crippen molar-refractivity contribution in [3.8, 4) is 0 Å². The number of likely N-dealkylation sites (N-methyl/N-ethyl adjacent to an activating group) is 1. The van der Waals surface area contributed by atoms with E-state index in [9.17, 15) is 14.4 Å². The van der Waals surface area contributed by atoms with Crippen molar-refractivity contribution in [2.75, 3.05) is 25.5 Å². The fourth-order valence-corrected chi connectivity index (χ4v) is 3.83. The van der Waals surface area contributed by atoms with Gasteiger partial charge in [-0.05, 0) is 71.9 Å². The molecule has 1 heterocycles. The predicted molar refractivity (Wildman–Crippen MR) is 117 cm³/mol. The van der Waals surface area contributed by atoms with Crippen LogP contribution in [0.2, 0.25) is 0 Å². The Balaban J connectivity index is 2.04. The number of anilines is 1. The number of nitrogens with zero attached hydrogens (tertiary/aromatic N) is 2. The molecule has 166 valence electrons. The third-order valence-electron chi connectivity index (χ3n) is 5.11. The third kappa shape index (κ3) is 6.21. The summed E-state index contributed by atoms with van der Waals surface area (Å²) < 4.78 is 5.47. The zero-order valence-corrected chi connectivity index (χ0v) is 19.3. The van der Waals surface area contributed by atoms with Crippen molar-refractivity contribution in [3.05, 3.63) is 28.8 Å². The van der Waals surface area contributed by atoms with Gasteiger partial charge in [0.15, 0.2) is 0 Å². The zero-order chi connectivity index (χ0) is 22.6. The number of piperidine rings is 1. The number of nitrogens with one attached hydrogen (secondary N) is 1. The van der Waals surface area contributed by atoms with E-state index in [0.29, 0.717) is 13.0 Å². The van der Waals surface area contributed by atoms with E-state index in [2.05, 4.69) is 5.32 Å². The Kier molecular flexibility index (Phi) is 7.50. The molecule has 1 aromatic rings. The number of rotatable bonds is 4. The van der Waals surface area contributed by atoms with Crippen molar-refractivity contribution >= 4 is 23.6 Å². The largest absolute Gasteiger partial charge is 0.444 e. The standard InChI is InChI=1S/C23H35N3O4/c1-15-12-16(2)20(17(3)13-15)24-19(27)14-25(7)21(28)18-10-8-9-11-26(18)22(29)30-23(4,5)6/h12-13,18H,8-11,14H2,1-7H3,(H,24,27). The van der Waals surface area contributed by atoms with Crippen LogP contribution in [0.5, 0.6) is 0 Å². The molecule has 1 fully saturated rings. The van der Waals surface area contributed by atoms with E-state index in [-0.39, 0.29) is 18.4 Å². The van der Waals surface area contributed by atoms with Crippen LogP contribution in [-0.2, 0) is 14.3 Å². The van der Waals surface area contributed by atoms with Crippen LogP contribution >= 0.6 is 0 Å². The Labute approximate surface area is 179 Å². The molecule has 1 unspecified atom stereocenters. The molecule has 1 aliphatic heterocycles. The molecular weight excluding hydrogens is 382 g/mol. The van der Waals surface area contributed by atoms with Crippen LogP contribution in [0, 0.1) is 20.8 Å². The normalized spacial score (nSPS) is 16.8. The molecule has 1 atom stereocenters. The molecule has 30 heavy (non-hydrogen) atoms. The Morgan fingerprint density at radius 3 is 2.30 bits per heavy atom. The summed E-state index contributed by atoms with van der Waals surface area (Å²) >= 11 is 0. The van der Waals surface area contributed by atoms with Crippen LogP contribution in [0.25, 0.3) is 0 Å². The highest BCUT2D eigenvalue weighted by atomic mass is 16.6. The van der Waals surface area contributed by atoms with Crippen molar-refractivity contribution in [2.24, 2.45) is 0 Å². The molecule has 0 bridgehead atoms. The maximum atomic E-state index is 13.0. The highest BCUT2D eigenvalue weighted by Crippen LogP contribution is 2.23. The Hall–Kier alpha value is -2.57. The van der Waals surface area contributed by atoms with Crippen LogP contribution in [-0.4, -0.2) is 59.5 Å². The van der Waals surface area contributed by atoms with Crippen molar-refractivity contribution in [2.45, 2.75) is 72.4 Å². The van der Waals surface area contributed by atoms with Crippen LogP contribution in [0.3, 0.4) is 0 Å². The lowest BCUT2D eigenvalue weighted by Crippen LogP contribution is -2.54. The first kappa shape index (κ1) is 23.7. The monoisotopic (exact) mass is 417 g/mol. The average molecular weight is 418 g/mol. The third-order valence-corrected chi connectivity index (χ3v) is 5.11. The molecule has 7 nitrogen and oxygen atoms in total. The highest BCUT2D eigenvalue weighted by Gasteiger charge is 2.36. The van der Waals surface area contributed by atoms with Crippen molar-refractivity contribution in [3.63, 3.8) is 0 Å². The van der Waals surface area contributed by atoms with E-state index >= 15 is 0 Å². The molecule has 2 rings (SSSR count). The van der Waals surface area contributed by atoms with Gasteiger partial charge >= 0.3 is 6.09 Å². The van der Waals surface area contributed by atoms with Crippen molar-refractivity contribution < 1.29 is 19.1 Å². The molecule has 1 saturated heterocycles. The minimum atomic E-state index is -0.627. The SMILES string of the molecule is Cc1cc(C)c(NC(=O)CN(C)C(=O)C2CCCCN2C(=O)OC(C)(C)C)c(C)c1. The summed E-state index contributed by atoms with van der Waals surface area (Å²) in [5, 5.41) is 2.92. The van der Waals surface area contributed by atoms with Gasteiger partial charge in [0.2, 0.25) is 11.8 Å². The predicted octanol–water partition coefficient (Wildman–Crippen LogP) is 3.80. The molecule has 1 aromatic carbocycles. The van der Waals surface area contributed by atoms with E-state index in [0.717, 1.165) is 35.2 Å². The van der Waals surface area contributed by atoms with Gasteiger partial charge in [-0.15, -0.1) is 0 Å². The topological polar surface area (TPSA) is 79.0 Å². The number of amides is 3. The smallest absolute Gasteiger partial charge is 0.410 e. The second-order valence-electron chi connectivity index (χ2n) is 9.20. The average Bonchev–Trinajstić information content (AvgIpc) is 2.62. The number of benzene rings is 1. The summed E-state index contributed by atoms with van der Waals surface area (Å²) in [6.45, 7) is 11.7.